The maximum absolute atomic E-state index is 6.06. The second kappa shape index (κ2) is 4.68. The fraction of sp³-hybridized carbons (Fsp3) is 0.625. The van der Waals surface area contributed by atoms with Crippen molar-refractivity contribution in [2.45, 2.75) is 63.6 Å². The lowest BCUT2D eigenvalue weighted by atomic mass is 10.1. The summed E-state index contributed by atoms with van der Waals surface area (Å²) in [5.74, 6) is 0.324. The Morgan fingerprint density at radius 1 is 1.14 bits per heavy atom. The number of nitrogens with zero attached hydrogens (tertiary/aromatic N) is 1. The first-order valence-corrected chi connectivity index (χ1v) is 7.56. The van der Waals surface area contributed by atoms with E-state index in [0.29, 0.717) is 0 Å². The first kappa shape index (κ1) is 13.5. The van der Waals surface area contributed by atoms with Crippen molar-refractivity contribution in [1.29, 1.82) is 0 Å². The topological polar surface area (TPSA) is 40.2 Å². The Hall–Kier alpha value is -1.14. The summed E-state index contributed by atoms with van der Waals surface area (Å²) < 4.78 is 17.9. The van der Waals surface area contributed by atoms with Gasteiger partial charge in [0.15, 0.2) is 5.79 Å². The average molecular weight is 291 g/mol. The van der Waals surface area contributed by atoms with Crippen molar-refractivity contribution >= 4 is 0 Å². The smallest absolute Gasteiger partial charge is 0.219 e. The summed E-state index contributed by atoms with van der Waals surface area (Å²) in [6, 6.07) is 10.1. The van der Waals surface area contributed by atoms with E-state index in [4.69, 9.17) is 19.0 Å². The van der Waals surface area contributed by atoms with Gasteiger partial charge >= 0.3 is 0 Å². The van der Waals surface area contributed by atoms with E-state index in [1.165, 1.54) is 0 Å². The number of hydroxylamine groups is 2. The Balaban J connectivity index is 1.47. The van der Waals surface area contributed by atoms with Gasteiger partial charge in [-0.15, -0.1) is 0 Å². The molecule has 3 fully saturated rings. The highest BCUT2D eigenvalue weighted by Gasteiger charge is 2.60. The Bertz CT molecular complexity index is 520. The summed E-state index contributed by atoms with van der Waals surface area (Å²) in [5.41, 5.74) is 0. The van der Waals surface area contributed by atoms with Gasteiger partial charge in [-0.3, -0.25) is 4.84 Å². The Morgan fingerprint density at radius 3 is 2.62 bits per heavy atom. The monoisotopic (exact) mass is 291 g/mol. The number of benzene rings is 1. The number of hydrogen-bond acceptors (Lipinski definition) is 5. The minimum absolute atomic E-state index is 0.0550. The Morgan fingerprint density at radius 2 is 1.86 bits per heavy atom. The molecule has 21 heavy (non-hydrogen) atoms. The molecule has 5 heteroatoms. The van der Waals surface area contributed by atoms with Crippen molar-refractivity contribution in [3.05, 3.63) is 30.3 Å². The lowest BCUT2D eigenvalue weighted by Gasteiger charge is -2.26. The molecule has 0 unspecified atom stereocenters. The predicted molar refractivity (Wildman–Crippen MR) is 75.5 cm³/mol. The maximum atomic E-state index is 6.06. The van der Waals surface area contributed by atoms with E-state index in [-0.39, 0.29) is 30.6 Å². The van der Waals surface area contributed by atoms with Gasteiger partial charge in [0.05, 0.1) is 12.1 Å². The van der Waals surface area contributed by atoms with E-state index in [0.717, 1.165) is 12.2 Å². The van der Waals surface area contributed by atoms with Crippen molar-refractivity contribution in [3.63, 3.8) is 0 Å². The fourth-order valence-electron chi connectivity index (χ4n) is 3.59. The molecule has 0 amide bonds. The molecule has 5 atom stereocenters. The third kappa shape index (κ3) is 2.25. The van der Waals surface area contributed by atoms with Gasteiger partial charge < -0.3 is 14.2 Å². The number of hydrogen-bond donors (Lipinski definition) is 0. The largest absolute Gasteiger partial charge is 0.463 e. The lowest BCUT2D eigenvalue weighted by molar-refractivity contribution is -0.246. The maximum Gasteiger partial charge on any atom is 0.219 e. The summed E-state index contributed by atoms with van der Waals surface area (Å²) in [7, 11) is 0. The standard InChI is InChI=1S/C16H21NO4/c1-10-14-15(20-16(2,3)19-14)12-9-13(21-17(10)12)18-11-7-5-4-6-8-11/h4-8,10,12-15H,9H2,1-3H3/t10-,12-,13-,14+,15-/m0/s1. The molecule has 3 heterocycles. The molecular weight excluding hydrogens is 270 g/mol. The molecule has 0 aliphatic carbocycles. The van der Waals surface area contributed by atoms with Crippen LogP contribution in [0.25, 0.3) is 0 Å². The SMILES string of the molecule is C[C@H]1[C@H]2OC(C)(C)O[C@H]2[C@@H]2C[C@@H](Oc3ccccc3)ON12. The molecule has 0 spiro atoms. The predicted octanol–water partition coefficient (Wildman–Crippen LogP) is 2.32. The highest BCUT2D eigenvalue weighted by atomic mass is 16.8. The van der Waals surface area contributed by atoms with Crippen LogP contribution in [0.3, 0.4) is 0 Å². The highest BCUT2D eigenvalue weighted by Crippen LogP contribution is 2.45. The van der Waals surface area contributed by atoms with Gasteiger partial charge in [-0.2, -0.15) is 5.06 Å². The summed E-state index contributed by atoms with van der Waals surface area (Å²) >= 11 is 0. The van der Waals surface area contributed by atoms with Crippen LogP contribution in [0.1, 0.15) is 27.2 Å². The van der Waals surface area contributed by atoms with E-state index in [1.807, 2.05) is 49.2 Å². The first-order chi connectivity index (χ1) is 10.0. The molecular formula is C16H21NO4. The molecule has 0 saturated carbocycles. The second-order valence-corrected chi connectivity index (χ2v) is 6.43. The molecule has 3 saturated heterocycles. The number of para-hydroxylation sites is 1. The second-order valence-electron chi connectivity index (χ2n) is 6.43. The lowest BCUT2D eigenvalue weighted by Crippen LogP contribution is -2.37. The zero-order chi connectivity index (χ0) is 14.6. The van der Waals surface area contributed by atoms with Crippen LogP contribution in [0.2, 0.25) is 0 Å². The van der Waals surface area contributed by atoms with Crippen molar-refractivity contribution in [3.8, 4) is 5.75 Å². The Labute approximate surface area is 124 Å². The van der Waals surface area contributed by atoms with Gasteiger partial charge in [0.1, 0.15) is 18.0 Å². The molecule has 5 nitrogen and oxygen atoms in total. The molecule has 0 bridgehead atoms. The van der Waals surface area contributed by atoms with Crippen LogP contribution in [0.4, 0.5) is 0 Å². The average Bonchev–Trinajstić information content (AvgIpc) is 3.05. The van der Waals surface area contributed by atoms with Gasteiger partial charge in [0.2, 0.25) is 6.29 Å². The van der Waals surface area contributed by atoms with E-state index in [9.17, 15) is 0 Å². The van der Waals surface area contributed by atoms with Crippen LogP contribution in [0, 0.1) is 0 Å². The molecule has 4 rings (SSSR count). The third-order valence-electron chi connectivity index (χ3n) is 4.43. The van der Waals surface area contributed by atoms with Gasteiger partial charge in [-0.25, -0.2) is 0 Å². The van der Waals surface area contributed by atoms with Gasteiger partial charge in [0.25, 0.3) is 0 Å². The first-order valence-electron chi connectivity index (χ1n) is 7.56. The molecule has 0 radical (unpaired) electrons. The quantitative estimate of drug-likeness (QED) is 0.836. The molecule has 114 valence electrons. The molecule has 0 N–H and O–H groups in total. The van der Waals surface area contributed by atoms with E-state index >= 15 is 0 Å². The van der Waals surface area contributed by atoms with Crippen molar-refractivity contribution in [1.82, 2.24) is 5.06 Å². The van der Waals surface area contributed by atoms with Gasteiger partial charge in [0, 0.05) is 6.42 Å². The molecule has 1 aromatic rings. The number of rotatable bonds is 2. The third-order valence-corrected chi connectivity index (χ3v) is 4.43. The minimum Gasteiger partial charge on any atom is -0.463 e. The summed E-state index contributed by atoms with van der Waals surface area (Å²) in [6.07, 6.45) is 0.662. The summed E-state index contributed by atoms with van der Waals surface area (Å²) in [6.45, 7) is 6.06. The van der Waals surface area contributed by atoms with E-state index in [1.54, 1.807) is 0 Å². The van der Waals surface area contributed by atoms with Gasteiger partial charge in [-0.1, -0.05) is 18.2 Å². The van der Waals surface area contributed by atoms with Crippen molar-refractivity contribution in [2.75, 3.05) is 0 Å². The fourth-order valence-corrected chi connectivity index (χ4v) is 3.59. The van der Waals surface area contributed by atoms with Crippen LogP contribution in [-0.4, -0.2) is 41.4 Å². The number of fused-ring (bicyclic) bond motifs is 3. The van der Waals surface area contributed by atoms with Crippen LogP contribution in [0.15, 0.2) is 30.3 Å². The van der Waals surface area contributed by atoms with E-state index in [2.05, 4.69) is 6.92 Å². The van der Waals surface area contributed by atoms with Crippen LogP contribution in [0.5, 0.6) is 5.75 Å². The van der Waals surface area contributed by atoms with Crippen LogP contribution in [-0.2, 0) is 14.3 Å². The Kier molecular flexibility index (Phi) is 3.01. The van der Waals surface area contributed by atoms with Gasteiger partial charge in [-0.05, 0) is 32.9 Å². The summed E-state index contributed by atoms with van der Waals surface area (Å²) in [5, 5.41) is 2.00. The summed E-state index contributed by atoms with van der Waals surface area (Å²) in [4.78, 5) is 5.96. The molecule has 3 aliphatic heterocycles. The molecule has 0 aromatic heterocycles. The normalized spacial score (nSPS) is 41.0. The van der Waals surface area contributed by atoms with Crippen LogP contribution < -0.4 is 4.74 Å². The van der Waals surface area contributed by atoms with E-state index < -0.39 is 5.79 Å². The molecule has 3 aliphatic rings. The zero-order valence-corrected chi connectivity index (χ0v) is 12.6. The zero-order valence-electron chi connectivity index (χ0n) is 12.6. The molecule has 1 aromatic carbocycles. The van der Waals surface area contributed by atoms with Crippen molar-refractivity contribution < 1.29 is 19.0 Å². The number of ether oxygens (including phenoxy) is 3. The van der Waals surface area contributed by atoms with Crippen LogP contribution >= 0.6 is 0 Å². The van der Waals surface area contributed by atoms with Crippen molar-refractivity contribution in [2.24, 2.45) is 0 Å². The highest BCUT2D eigenvalue weighted by molar-refractivity contribution is 5.21. The minimum atomic E-state index is -0.506.